The molecule has 45 heavy (non-hydrogen) atoms. The molecule has 246 valence electrons. The quantitative estimate of drug-likeness (QED) is 0.356. The van der Waals surface area contributed by atoms with Crippen LogP contribution in [0.2, 0.25) is 0 Å². The molecule has 0 spiro atoms. The molecule has 1 fully saturated rings. The monoisotopic (exact) mass is 639 g/mol. The number of nitrogens with zero attached hydrogens (tertiary/aromatic N) is 4. The van der Waals surface area contributed by atoms with Crippen LogP contribution in [0.1, 0.15) is 50.5 Å². The number of hydrogen-bond acceptors (Lipinski definition) is 8. The van der Waals surface area contributed by atoms with E-state index < -0.39 is 61.0 Å². The number of alkyl halides is 3. The van der Waals surface area contributed by atoms with Gasteiger partial charge in [0.25, 0.3) is 5.91 Å². The standard InChI is InChI=1S/C29H36F3N5O8/c1-28(2,3)22(38)18-45-23-17-21(34-37(23)19-7-5-4-6-8-19)25(41)33-20(9-10-24(39)40)26(42)35-12-14-36(15-13-35)27(43)44-16-11-29(30,31)32/h4-8,17,20H,9-16,18H2,1-3H3,(H,33,41)(H,39,40)/t20-/m0/s1. The third kappa shape index (κ3) is 10.5. The summed E-state index contributed by atoms with van der Waals surface area (Å²) >= 11 is 0. The number of carboxylic acid groups (broad SMARTS) is 1. The highest BCUT2D eigenvalue weighted by Crippen LogP contribution is 2.22. The van der Waals surface area contributed by atoms with Crippen molar-refractivity contribution in [3.05, 3.63) is 42.1 Å². The van der Waals surface area contributed by atoms with Gasteiger partial charge in [-0.1, -0.05) is 39.0 Å². The third-order valence-electron chi connectivity index (χ3n) is 6.81. The van der Waals surface area contributed by atoms with Gasteiger partial charge < -0.3 is 29.7 Å². The maximum absolute atomic E-state index is 13.4. The van der Waals surface area contributed by atoms with Gasteiger partial charge >= 0.3 is 18.2 Å². The smallest absolute Gasteiger partial charge is 0.409 e. The zero-order chi connectivity index (χ0) is 33.4. The van der Waals surface area contributed by atoms with Crippen LogP contribution >= 0.6 is 0 Å². The summed E-state index contributed by atoms with van der Waals surface area (Å²) in [7, 11) is 0. The second kappa shape index (κ2) is 14.9. The average molecular weight is 640 g/mol. The number of rotatable bonds is 12. The van der Waals surface area contributed by atoms with Crippen LogP contribution in [0, 0.1) is 5.41 Å². The lowest BCUT2D eigenvalue weighted by molar-refractivity contribution is -0.143. The predicted molar refractivity (Wildman–Crippen MR) is 152 cm³/mol. The Morgan fingerprint density at radius 3 is 2.20 bits per heavy atom. The van der Waals surface area contributed by atoms with E-state index in [1.165, 1.54) is 15.6 Å². The predicted octanol–water partition coefficient (Wildman–Crippen LogP) is 3.06. The van der Waals surface area contributed by atoms with Crippen molar-refractivity contribution in [2.75, 3.05) is 39.4 Å². The molecule has 16 heteroatoms. The lowest BCUT2D eigenvalue weighted by Crippen LogP contribution is -2.56. The number of hydrogen-bond donors (Lipinski definition) is 2. The van der Waals surface area contributed by atoms with E-state index in [0.29, 0.717) is 5.69 Å². The maximum atomic E-state index is 13.4. The van der Waals surface area contributed by atoms with Crippen molar-refractivity contribution in [3.63, 3.8) is 0 Å². The number of para-hydroxylation sites is 1. The fourth-order valence-electron chi connectivity index (χ4n) is 4.12. The number of ether oxygens (including phenoxy) is 2. The van der Waals surface area contributed by atoms with Gasteiger partial charge in [0.2, 0.25) is 11.8 Å². The highest BCUT2D eigenvalue weighted by atomic mass is 19.4. The molecular weight excluding hydrogens is 603 g/mol. The van der Waals surface area contributed by atoms with Crippen LogP contribution in [-0.4, -0.2) is 106 Å². The summed E-state index contributed by atoms with van der Waals surface area (Å²) in [6.07, 6.45) is -7.39. The second-order valence-electron chi connectivity index (χ2n) is 11.3. The van der Waals surface area contributed by atoms with Gasteiger partial charge in [-0.05, 0) is 18.6 Å². The van der Waals surface area contributed by atoms with Crippen molar-refractivity contribution in [2.45, 2.75) is 52.3 Å². The van der Waals surface area contributed by atoms with Gasteiger partial charge in [-0.15, -0.1) is 0 Å². The summed E-state index contributed by atoms with van der Waals surface area (Å²) in [4.78, 5) is 65.1. The number of carboxylic acids is 1. The Morgan fingerprint density at radius 2 is 1.62 bits per heavy atom. The van der Waals surface area contributed by atoms with Gasteiger partial charge in [0.05, 0.1) is 12.1 Å². The summed E-state index contributed by atoms with van der Waals surface area (Å²) in [5, 5.41) is 16.1. The van der Waals surface area contributed by atoms with E-state index in [2.05, 4.69) is 15.2 Å². The number of nitrogens with one attached hydrogen (secondary N) is 1. The fourth-order valence-corrected chi connectivity index (χ4v) is 4.12. The lowest BCUT2D eigenvalue weighted by Gasteiger charge is -2.36. The lowest BCUT2D eigenvalue weighted by atomic mass is 9.91. The highest BCUT2D eigenvalue weighted by Gasteiger charge is 2.33. The van der Waals surface area contributed by atoms with E-state index in [0.717, 1.165) is 4.90 Å². The van der Waals surface area contributed by atoms with Gasteiger partial charge in [-0.2, -0.15) is 18.3 Å². The molecule has 1 aliphatic rings. The van der Waals surface area contributed by atoms with Gasteiger partial charge in [0.15, 0.2) is 11.5 Å². The fraction of sp³-hybridized carbons (Fsp3) is 0.517. The first-order valence-electron chi connectivity index (χ1n) is 14.2. The van der Waals surface area contributed by atoms with Gasteiger partial charge in [-0.3, -0.25) is 19.2 Å². The first kappa shape index (κ1) is 34.9. The molecule has 1 saturated heterocycles. The number of aliphatic carboxylic acids is 1. The number of Topliss-reactive ketones (excluding diaryl/α,β-unsaturated/α-hetero) is 1. The number of benzene rings is 1. The molecule has 1 aromatic heterocycles. The topological polar surface area (TPSA) is 160 Å². The van der Waals surface area contributed by atoms with Crippen LogP contribution in [0.25, 0.3) is 5.69 Å². The zero-order valence-electron chi connectivity index (χ0n) is 25.1. The van der Waals surface area contributed by atoms with Crippen LogP contribution in [0.15, 0.2) is 36.4 Å². The van der Waals surface area contributed by atoms with E-state index in [-0.39, 0.29) is 56.6 Å². The molecule has 13 nitrogen and oxygen atoms in total. The van der Waals surface area contributed by atoms with Gasteiger partial charge in [0, 0.05) is 44.1 Å². The Hall–Kier alpha value is -4.63. The molecule has 0 bridgehead atoms. The number of amides is 3. The maximum Gasteiger partial charge on any atom is 0.409 e. The summed E-state index contributed by atoms with van der Waals surface area (Å²) in [6.45, 7) is 4.00. The van der Waals surface area contributed by atoms with E-state index in [1.807, 2.05) is 0 Å². The van der Waals surface area contributed by atoms with E-state index in [1.54, 1.807) is 51.1 Å². The minimum absolute atomic E-state index is 0.0188. The summed E-state index contributed by atoms with van der Waals surface area (Å²) < 4.78 is 48.7. The molecule has 0 saturated carbocycles. The van der Waals surface area contributed by atoms with E-state index in [4.69, 9.17) is 4.74 Å². The van der Waals surface area contributed by atoms with Crippen LogP contribution in [0.4, 0.5) is 18.0 Å². The zero-order valence-corrected chi connectivity index (χ0v) is 25.1. The Kier molecular flexibility index (Phi) is 11.5. The van der Waals surface area contributed by atoms with Crippen molar-refractivity contribution in [1.82, 2.24) is 24.9 Å². The molecule has 2 aromatic rings. The molecule has 0 aliphatic carbocycles. The number of ketones is 1. The molecular formula is C29H36F3N5O8. The van der Waals surface area contributed by atoms with E-state index in [9.17, 15) is 42.3 Å². The number of piperazine rings is 1. The third-order valence-corrected chi connectivity index (χ3v) is 6.81. The van der Waals surface area contributed by atoms with Crippen LogP contribution in [0.5, 0.6) is 5.88 Å². The molecule has 1 aromatic carbocycles. The van der Waals surface area contributed by atoms with Gasteiger partial charge in [-0.25, -0.2) is 9.48 Å². The molecule has 2 N–H and O–H groups in total. The molecule has 3 amide bonds. The van der Waals surface area contributed by atoms with Crippen molar-refractivity contribution in [3.8, 4) is 11.6 Å². The summed E-state index contributed by atoms with van der Waals surface area (Å²) in [5.41, 5.74) is -0.297. The first-order chi connectivity index (χ1) is 21.0. The number of aromatic nitrogens is 2. The van der Waals surface area contributed by atoms with Crippen molar-refractivity contribution < 1.29 is 51.7 Å². The van der Waals surface area contributed by atoms with Crippen LogP contribution in [-0.2, 0) is 19.1 Å². The summed E-state index contributed by atoms with van der Waals surface area (Å²) in [5.74, 6) is -2.70. The van der Waals surface area contributed by atoms with Crippen LogP contribution in [0.3, 0.4) is 0 Å². The number of carbonyl (C=O) groups excluding carboxylic acids is 4. The molecule has 0 radical (unpaired) electrons. The molecule has 1 aliphatic heterocycles. The Labute approximate surface area is 257 Å². The summed E-state index contributed by atoms with van der Waals surface area (Å²) in [6, 6.07) is 8.70. The van der Waals surface area contributed by atoms with Gasteiger partial charge in [0.1, 0.15) is 19.3 Å². The van der Waals surface area contributed by atoms with Crippen LogP contribution < -0.4 is 10.1 Å². The minimum atomic E-state index is -4.47. The molecule has 2 heterocycles. The normalized spacial score (nSPS) is 14.4. The number of halogens is 3. The van der Waals surface area contributed by atoms with E-state index >= 15 is 0 Å². The Bertz CT molecular complexity index is 1370. The second-order valence-corrected chi connectivity index (χ2v) is 11.3. The first-order valence-corrected chi connectivity index (χ1v) is 14.2. The molecule has 3 rings (SSSR count). The largest absolute Gasteiger partial charge is 0.481 e. The molecule has 1 atom stereocenters. The SMILES string of the molecule is CC(C)(C)C(=O)COc1cc(C(=O)N[C@@H](CCC(=O)O)C(=O)N2CCN(C(=O)OCCC(F)(F)F)CC2)nn1-c1ccccc1. The molecule has 0 unspecified atom stereocenters. The Morgan fingerprint density at radius 1 is 1.00 bits per heavy atom. The average Bonchev–Trinajstić information content (AvgIpc) is 3.41. The van der Waals surface area contributed by atoms with Crippen molar-refractivity contribution in [2.24, 2.45) is 5.41 Å². The van der Waals surface area contributed by atoms with Crippen molar-refractivity contribution >= 4 is 29.7 Å². The van der Waals surface area contributed by atoms with Crippen molar-refractivity contribution in [1.29, 1.82) is 0 Å². The Balaban J connectivity index is 1.71. The minimum Gasteiger partial charge on any atom is -0.481 e. The number of carbonyl (C=O) groups is 5. The highest BCUT2D eigenvalue weighted by molar-refractivity contribution is 5.96.